The predicted molar refractivity (Wildman–Crippen MR) is 126 cm³/mol. The van der Waals surface area contributed by atoms with Gasteiger partial charge in [-0.25, -0.2) is 4.90 Å². The number of amides is 2. The van der Waals surface area contributed by atoms with Crippen molar-refractivity contribution in [2.75, 3.05) is 4.90 Å². The second kappa shape index (κ2) is 9.37. The van der Waals surface area contributed by atoms with Crippen molar-refractivity contribution in [3.05, 3.63) is 103 Å². The monoisotopic (exact) mass is 510 g/mol. The minimum absolute atomic E-state index is 0.0169. The van der Waals surface area contributed by atoms with E-state index in [9.17, 15) is 19.7 Å². The lowest BCUT2D eigenvalue weighted by Crippen LogP contribution is -2.27. The Kier molecular flexibility index (Phi) is 6.38. The number of nitro groups is 1. The van der Waals surface area contributed by atoms with Crippen LogP contribution in [0.25, 0.3) is 6.08 Å². The SMILES string of the molecule is O=C1S/C(=C\c2cc(Br)ccc2OCc2cccc([N+](=O)[O-])c2)C(=O)N1c1ccccc1. The highest BCUT2D eigenvalue weighted by atomic mass is 79.9. The third kappa shape index (κ3) is 4.74. The maximum atomic E-state index is 12.9. The van der Waals surface area contributed by atoms with Gasteiger partial charge < -0.3 is 4.74 Å². The van der Waals surface area contributed by atoms with E-state index in [1.165, 1.54) is 12.1 Å². The molecule has 3 aromatic rings. The summed E-state index contributed by atoms with van der Waals surface area (Å²) >= 11 is 4.27. The second-order valence-corrected chi connectivity index (χ2v) is 8.66. The molecule has 0 bridgehead atoms. The number of imide groups is 1. The lowest BCUT2D eigenvalue weighted by Gasteiger charge is -2.12. The summed E-state index contributed by atoms with van der Waals surface area (Å²) in [6, 6.07) is 20.2. The van der Waals surface area contributed by atoms with Gasteiger partial charge in [-0.15, -0.1) is 0 Å². The molecule has 3 aromatic carbocycles. The number of hydrogen-bond acceptors (Lipinski definition) is 6. The number of carbonyl (C=O) groups excluding carboxylic acids is 2. The number of nitro benzene ring substituents is 1. The average Bonchev–Trinajstić information content (AvgIpc) is 3.06. The van der Waals surface area contributed by atoms with E-state index in [0.29, 0.717) is 22.6 Å². The fraction of sp³-hybridized carbons (Fsp3) is 0.0435. The molecule has 1 aliphatic heterocycles. The average molecular weight is 511 g/mol. The zero-order valence-corrected chi connectivity index (χ0v) is 18.8. The number of non-ortho nitro benzene ring substituents is 1. The standard InChI is InChI=1S/C23H15BrN2O5S/c24-17-9-10-20(31-14-15-5-4-8-19(11-15)26(29)30)16(12-17)13-21-22(27)25(23(28)32-21)18-6-2-1-3-7-18/h1-13H,14H2/b21-13-. The van der Waals surface area contributed by atoms with Crippen molar-refractivity contribution >= 4 is 56.3 Å². The number of benzene rings is 3. The van der Waals surface area contributed by atoms with E-state index in [2.05, 4.69) is 15.9 Å². The van der Waals surface area contributed by atoms with Crippen LogP contribution in [0.15, 0.2) is 82.2 Å². The highest BCUT2D eigenvalue weighted by molar-refractivity contribution is 9.10. The fourth-order valence-electron chi connectivity index (χ4n) is 3.09. The molecular weight excluding hydrogens is 496 g/mol. The number of anilines is 1. The minimum atomic E-state index is -0.461. The minimum Gasteiger partial charge on any atom is -0.488 e. The van der Waals surface area contributed by atoms with Crippen LogP contribution in [-0.4, -0.2) is 16.1 Å². The smallest absolute Gasteiger partial charge is 0.298 e. The van der Waals surface area contributed by atoms with E-state index in [1.807, 2.05) is 6.07 Å². The van der Waals surface area contributed by atoms with Crippen LogP contribution in [0.4, 0.5) is 16.2 Å². The van der Waals surface area contributed by atoms with Crippen LogP contribution >= 0.6 is 27.7 Å². The van der Waals surface area contributed by atoms with Crippen molar-refractivity contribution in [2.24, 2.45) is 0 Å². The molecule has 9 heteroatoms. The normalized spacial score (nSPS) is 14.8. The number of ether oxygens (including phenoxy) is 1. The summed E-state index contributed by atoms with van der Waals surface area (Å²) in [7, 11) is 0. The third-order valence-electron chi connectivity index (χ3n) is 4.58. The molecule has 0 unspecified atom stereocenters. The maximum absolute atomic E-state index is 12.9. The number of rotatable bonds is 6. The number of thioether (sulfide) groups is 1. The predicted octanol–water partition coefficient (Wildman–Crippen LogP) is 6.18. The van der Waals surface area contributed by atoms with Gasteiger partial charge in [-0.2, -0.15) is 0 Å². The van der Waals surface area contributed by atoms with Crippen molar-refractivity contribution in [1.29, 1.82) is 0 Å². The molecule has 7 nitrogen and oxygen atoms in total. The van der Waals surface area contributed by atoms with Gasteiger partial charge in [0.15, 0.2) is 0 Å². The van der Waals surface area contributed by atoms with Gasteiger partial charge in [0.25, 0.3) is 16.8 Å². The van der Waals surface area contributed by atoms with Gasteiger partial charge in [-0.05, 0) is 53.7 Å². The Labute approximate surface area is 196 Å². The van der Waals surface area contributed by atoms with Crippen LogP contribution in [-0.2, 0) is 11.4 Å². The molecule has 0 aromatic heterocycles. The van der Waals surface area contributed by atoms with Crippen molar-refractivity contribution in [3.8, 4) is 5.75 Å². The maximum Gasteiger partial charge on any atom is 0.298 e. The Morgan fingerprint density at radius 1 is 1.03 bits per heavy atom. The number of halogens is 1. The van der Waals surface area contributed by atoms with Crippen LogP contribution in [0.3, 0.4) is 0 Å². The van der Waals surface area contributed by atoms with Crippen molar-refractivity contribution in [1.82, 2.24) is 0 Å². The van der Waals surface area contributed by atoms with Crippen molar-refractivity contribution in [3.63, 3.8) is 0 Å². The van der Waals surface area contributed by atoms with E-state index in [-0.39, 0.29) is 22.4 Å². The Hall–Kier alpha value is -3.43. The second-order valence-electron chi connectivity index (χ2n) is 6.75. The van der Waals surface area contributed by atoms with Gasteiger partial charge in [0.1, 0.15) is 12.4 Å². The van der Waals surface area contributed by atoms with Gasteiger partial charge in [0.2, 0.25) is 0 Å². The quantitative estimate of drug-likeness (QED) is 0.223. The molecule has 0 radical (unpaired) electrons. The first-order valence-electron chi connectivity index (χ1n) is 9.41. The summed E-state index contributed by atoms with van der Waals surface area (Å²) in [5.41, 5.74) is 1.73. The van der Waals surface area contributed by atoms with Crippen LogP contribution in [0.5, 0.6) is 5.75 Å². The summed E-state index contributed by atoms with van der Waals surface area (Å²) in [6.07, 6.45) is 1.61. The summed E-state index contributed by atoms with van der Waals surface area (Å²) in [5, 5.41) is 10.6. The van der Waals surface area contributed by atoms with Crippen molar-refractivity contribution in [2.45, 2.75) is 6.61 Å². The number of para-hydroxylation sites is 1. The Bertz CT molecular complexity index is 1250. The molecule has 1 fully saturated rings. The van der Waals surface area contributed by atoms with Crippen LogP contribution < -0.4 is 9.64 Å². The molecule has 1 saturated heterocycles. The van der Waals surface area contributed by atoms with Gasteiger partial charge >= 0.3 is 0 Å². The number of nitrogens with zero attached hydrogens (tertiary/aromatic N) is 2. The van der Waals surface area contributed by atoms with Gasteiger partial charge in [0.05, 0.1) is 15.5 Å². The van der Waals surface area contributed by atoms with E-state index >= 15 is 0 Å². The highest BCUT2D eigenvalue weighted by Gasteiger charge is 2.36. The molecule has 160 valence electrons. The number of hydrogen-bond donors (Lipinski definition) is 0. The zero-order chi connectivity index (χ0) is 22.7. The largest absolute Gasteiger partial charge is 0.488 e. The molecule has 4 rings (SSSR count). The molecule has 0 aliphatic carbocycles. The Morgan fingerprint density at radius 2 is 1.81 bits per heavy atom. The van der Waals surface area contributed by atoms with E-state index < -0.39 is 10.8 Å². The summed E-state index contributed by atoms with van der Waals surface area (Å²) in [6.45, 7) is 0.107. The first kappa shape index (κ1) is 21.8. The molecule has 2 amide bonds. The van der Waals surface area contributed by atoms with Crippen LogP contribution in [0.1, 0.15) is 11.1 Å². The Balaban J connectivity index is 1.59. The van der Waals surface area contributed by atoms with Gasteiger partial charge in [0, 0.05) is 22.2 Å². The van der Waals surface area contributed by atoms with Gasteiger partial charge in [-0.1, -0.05) is 46.3 Å². The molecule has 0 spiro atoms. The van der Waals surface area contributed by atoms with Gasteiger partial charge in [-0.3, -0.25) is 19.7 Å². The molecule has 1 aliphatic rings. The molecule has 0 saturated carbocycles. The Morgan fingerprint density at radius 3 is 2.56 bits per heavy atom. The molecular formula is C23H15BrN2O5S. The zero-order valence-electron chi connectivity index (χ0n) is 16.4. The lowest BCUT2D eigenvalue weighted by molar-refractivity contribution is -0.384. The number of carbonyl (C=O) groups is 2. The van der Waals surface area contributed by atoms with Crippen molar-refractivity contribution < 1.29 is 19.2 Å². The lowest BCUT2D eigenvalue weighted by atomic mass is 10.1. The molecule has 0 atom stereocenters. The van der Waals surface area contributed by atoms with E-state index in [0.717, 1.165) is 21.1 Å². The third-order valence-corrected chi connectivity index (χ3v) is 5.95. The van der Waals surface area contributed by atoms with E-state index in [1.54, 1.807) is 60.7 Å². The fourth-order valence-corrected chi connectivity index (χ4v) is 4.30. The molecule has 0 N–H and O–H groups in total. The molecule has 1 heterocycles. The highest BCUT2D eigenvalue weighted by Crippen LogP contribution is 2.37. The summed E-state index contributed by atoms with van der Waals surface area (Å²) in [4.78, 5) is 37.3. The topological polar surface area (TPSA) is 89.7 Å². The first-order chi connectivity index (χ1) is 15.4. The summed E-state index contributed by atoms with van der Waals surface area (Å²) < 4.78 is 6.66. The first-order valence-corrected chi connectivity index (χ1v) is 11.0. The summed E-state index contributed by atoms with van der Waals surface area (Å²) in [5.74, 6) is 0.0713. The molecule has 32 heavy (non-hydrogen) atoms. The van der Waals surface area contributed by atoms with E-state index in [4.69, 9.17) is 4.74 Å². The van der Waals surface area contributed by atoms with Crippen LogP contribution in [0, 0.1) is 10.1 Å². The van der Waals surface area contributed by atoms with Crippen LogP contribution in [0.2, 0.25) is 0 Å².